The number of anilines is 3. The van der Waals surface area contributed by atoms with Crippen molar-refractivity contribution >= 4 is 38.4 Å². The molecule has 2 aliphatic rings. The molecular formula is C28H31F2N7O3S. The van der Waals surface area contributed by atoms with E-state index in [1.54, 1.807) is 13.0 Å². The third-order valence-corrected chi connectivity index (χ3v) is 9.47. The molecule has 4 heterocycles. The fraction of sp³-hybridized carbons (Fsp3) is 0.393. The van der Waals surface area contributed by atoms with Crippen molar-refractivity contribution in [3.63, 3.8) is 0 Å². The van der Waals surface area contributed by atoms with Crippen molar-refractivity contribution in [2.24, 2.45) is 0 Å². The van der Waals surface area contributed by atoms with Gasteiger partial charge in [-0.2, -0.15) is 4.31 Å². The average Bonchev–Trinajstić information content (AvgIpc) is 3.30. The molecule has 0 amide bonds. The van der Waals surface area contributed by atoms with Gasteiger partial charge in [0.05, 0.1) is 29.2 Å². The van der Waals surface area contributed by atoms with Gasteiger partial charge in [-0.3, -0.25) is 0 Å². The Morgan fingerprint density at radius 1 is 1.12 bits per heavy atom. The van der Waals surface area contributed by atoms with Gasteiger partial charge in [0.25, 0.3) is 0 Å². The van der Waals surface area contributed by atoms with Crippen molar-refractivity contribution in [3.8, 4) is 17.0 Å². The number of piperazine rings is 1. The molecule has 10 nitrogen and oxygen atoms in total. The van der Waals surface area contributed by atoms with Gasteiger partial charge in [-0.05, 0) is 52.0 Å². The molecule has 0 aliphatic carbocycles. The van der Waals surface area contributed by atoms with Crippen LogP contribution in [0, 0.1) is 18.6 Å². The molecule has 0 spiro atoms. The number of fused-ring (bicyclic) bond motifs is 4. The predicted molar refractivity (Wildman–Crippen MR) is 153 cm³/mol. The zero-order valence-corrected chi connectivity index (χ0v) is 24.0. The molecule has 1 atom stereocenters. The van der Waals surface area contributed by atoms with Gasteiger partial charge in [0, 0.05) is 43.0 Å². The topological polar surface area (TPSA) is 105 Å². The lowest BCUT2D eigenvalue weighted by Crippen LogP contribution is -2.58. The smallest absolute Gasteiger partial charge is 0.227 e. The lowest BCUT2D eigenvalue weighted by atomic mass is 10.1. The van der Waals surface area contributed by atoms with Gasteiger partial charge in [0.1, 0.15) is 29.4 Å². The highest BCUT2D eigenvalue weighted by atomic mass is 32.2. The van der Waals surface area contributed by atoms with Crippen molar-refractivity contribution in [2.45, 2.75) is 39.8 Å². The van der Waals surface area contributed by atoms with E-state index in [0.717, 1.165) is 11.9 Å². The van der Waals surface area contributed by atoms with E-state index in [4.69, 9.17) is 4.74 Å². The van der Waals surface area contributed by atoms with Crippen molar-refractivity contribution in [2.75, 3.05) is 42.2 Å². The fourth-order valence-corrected chi connectivity index (χ4v) is 6.79. The number of sulfonamides is 1. The molecule has 13 heteroatoms. The third kappa shape index (κ3) is 4.86. The highest BCUT2D eigenvalue weighted by Crippen LogP contribution is 2.38. The Balaban J connectivity index is 1.26. The Hall–Kier alpha value is -3.84. The summed E-state index contributed by atoms with van der Waals surface area (Å²) in [6.45, 7) is 9.13. The lowest BCUT2D eigenvalue weighted by Gasteiger charge is -2.45. The van der Waals surface area contributed by atoms with Crippen molar-refractivity contribution < 1.29 is 21.9 Å². The maximum Gasteiger partial charge on any atom is 0.227 e. The van der Waals surface area contributed by atoms with E-state index in [-0.39, 0.29) is 40.6 Å². The van der Waals surface area contributed by atoms with E-state index >= 15 is 4.39 Å². The van der Waals surface area contributed by atoms with Gasteiger partial charge in [-0.1, -0.05) is 0 Å². The third-order valence-electron chi connectivity index (χ3n) is 7.62. The number of hydrogen-bond acceptors (Lipinski definition) is 8. The summed E-state index contributed by atoms with van der Waals surface area (Å²) in [4.78, 5) is 15.0. The first-order valence-electron chi connectivity index (χ1n) is 13.5. The van der Waals surface area contributed by atoms with Gasteiger partial charge in [0.15, 0.2) is 11.6 Å². The Morgan fingerprint density at radius 2 is 1.93 bits per heavy atom. The van der Waals surface area contributed by atoms with Gasteiger partial charge >= 0.3 is 0 Å². The van der Waals surface area contributed by atoms with E-state index in [0.29, 0.717) is 49.0 Å². The number of aromatic nitrogens is 4. The number of benzene rings is 2. The molecule has 6 rings (SSSR count). The van der Waals surface area contributed by atoms with Crippen LogP contribution in [0.5, 0.6) is 5.75 Å². The van der Waals surface area contributed by atoms with E-state index < -0.39 is 21.7 Å². The SMILES string of the molecule is CCS(=O)(=O)N1CCN2c3ccc(Nc4ncc(F)c(-c5cc(F)c6nc(C)n(C(C)C)c6c5)n4)cc3OCC2C1. The predicted octanol–water partition coefficient (Wildman–Crippen LogP) is 4.64. The van der Waals surface area contributed by atoms with Crippen LogP contribution in [0.1, 0.15) is 32.6 Å². The summed E-state index contributed by atoms with van der Waals surface area (Å²) in [6, 6.07) is 8.44. The summed E-state index contributed by atoms with van der Waals surface area (Å²) in [5.74, 6) is 0.306. The van der Waals surface area contributed by atoms with E-state index in [2.05, 4.69) is 25.2 Å². The Bertz CT molecular complexity index is 1760. The molecule has 0 saturated carbocycles. The molecule has 0 radical (unpaired) electrons. The lowest BCUT2D eigenvalue weighted by molar-refractivity contribution is 0.216. The van der Waals surface area contributed by atoms with E-state index in [1.807, 2.05) is 43.5 Å². The highest BCUT2D eigenvalue weighted by Gasteiger charge is 2.36. The molecule has 41 heavy (non-hydrogen) atoms. The average molecular weight is 584 g/mol. The molecule has 0 bridgehead atoms. The standard InChI is InChI=1S/C28H31F2N7O3S/c1-5-41(38,39)35-8-9-36-20(14-35)15-40-25-12-19(6-7-23(25)36)33-28-31-13-22(30)26(34-28)18-10-21(29)27-24(11-18)37(16(2)3)17(4)32-27/h6-7,10-13,16,20H,5,8-9,14-15H2,1-4H3,(H,31,33,34). The van der Waals surface area contributed by atoms with Crippen LogP contribution >= 0.6 is 0 Å². The second-order valence-electron chi connectivity index (χ2n) is 10.6. The Morgan fingerprint density at radius 3 is 2.68 bits per heavy atom. The molecule has 1 fully saturated rings. The first-order valence-corrected chi connectivity index (χ1v) is 15.2. The number of ether oxygens (including phenoxy) is 1. The van der Waals surface area contributed by atoms with Crippen LogP contribution < -0.4 is 15.0 Å². The number of nitrogens with zero attached hydrogens (tertiary/aromatic N) is 6. The molecular weight excluding hydrogens is 552 g/mol. The van der Waals surface area contributed by atoms with Gasteiger partial charge < -0.3 is 19.5 Å². The first kappa shape index (κ1) is 27.3. The molecule has 1 unspecified atom stereocenters. The number of nitrogens with one attached hydrogen (secondary N) is 1. The minimum atomic E-state index is -3.26. The second kappa shape index (κ2) is 10.2. The molecule has 1 N–H and O–H groups in total. The molecule has 2 aromatic heterocycles. The number of aryl methyl sites for hydroxylation is 1. The molecule has 1 saturated heterocycles. The summed E-state index contributed by atoms with van der Waals surface area (Å²) in [6.07, 6.45) is 1.06. The summed E-state index contributed by atoms with van der Waals surface area (Å²) >= 11 is 0. The zero-order chi connectivity index (χ0) is 29.1. The van der Waals surface area contributed by atoms with Gasteiger partial charge in [-0.25, -0.2) is 32.2 Å². The molecule has 216 valence electrons. The second-order valence-corrected chi connectivity index (χ2v) is 12.8. The van der Waals surface area contributed by atoms with E-state index in [1.165, 1.54) is 10.4 Å². The van der Waals surface area contributed by atoms with Crippen molar-refractivity contribution in [1.82, 2.24) is 23.8 Å². The number of hydrogen-bond donors (Lipinski definition) is 1. The minimum absolute atomic E-state index is 0.0330. The minimum Gasteiger partial charge on any atom is -0.489 e. The fourth-order valence-electron chi connectivity index (χ4n) is 5.67. The maximum atomic E-state index is 15.0. The number of rotatable bonds is 6. The van der Waals surface area contributed by atoms with Crippen LogP contribution in [-0.2, 0) is 10.0 Å². The van der Waals surface area contributed by atoms with Crippen LogP contribution in [-0.4, -0.2) is 70.3 Å². The summed E-state index contributed by atoms with van der Waals surface area (Å²) in [5.41, 5.74) is 2.55. The maximum absolute atomic E-state index is 15.0. The normalized spacial score (nSPS) is 17.4. The van der Waals surface area contributed by atoms with Crippen LogP contribution in [0.4, 0.5) is 26.1 Å². The van der Waals surface area contributed by atoms with Crippen LogP contribution in [0.15, 0.2) is 36.5 Å². The van der Waals surface area contributed by atoms with Gasteiger partial charge in [0.2, 0.25) is 16.0 Å². The monoisotopic (exact) mass is 583 g/mol. The molecule has 4 aromatic rings. The Kier molecular flexibility index (Phi) is 6.81. The summed E-state index contributed by atoms with van der Waals surface area (Å²) < 4.78 is 64.1. The van der Waals surface area contributed by atoms with Crippen molar-refractivity contribution in [1.29, 1.82) is 0 Å². The van der Waals surface area contributed by atoms with Crippen molar-refractivity contribution in [3.05, 3.63) is 54.0 Å². The van der Waals surface area contributed by atoms with Crippen LogP contribution in [0.25, 0.3) is 22.3 Å². The summed E-state index contributed by atoms with van der Waals surface area (Å²) in [5, 5.41) is 3.10. The zero-order valence-electron chi connectivity index (χ0n) is 23.2. The highest BCUT2D eigenvalue weighted by molar-refractivity contribution is 7.89. The number of halogens is 2. The Labute approximate surface area is 237 Å². The van der Waals surface area contributed by atoms with E-state index in [9.17, 15) is 12.8 Å². The van der Waals surface area contributed by atoms with Crippen LogP contribution in [0.3, 0.4) is 0 Å². The molecule has 2 aromatic carbocycles. The first-order chi connectivity index (χ1) is 19.6. The summed E-state index contributed by atoms with van der Waals surface area (Å²) in [7, 11) is -3.26. The number of imidazole rings is 1. The van der Waals surface area contributed by atoms with Gasteiger partial charge in [-0.15, -0.1) is 0 Å². The quantitative estimate of drug-likeness (QED) is 0.350. The largest absolute Gasteiger partial charge is 0.489 e. The molecule has 2 aliphatic heterocycles. The van der Waals surface area contributed by atoms with Crippen LogP contribution in [0.2, 0.25) is 0 Å².